The SMILES string of the molecule is CC(O)CN1CCN(CC(=O)N2CCC(Cc3ccccc3)CC2)CC1.Cl.Cl. The van der Waals surface area contributed by atoms with E-state index in [1.54, 1.807) is 0 Å². The van der Waals surface area contributed by atoms with Gasteiger partial charge in [0.2, 0.25) is 5.91 Å². The Morgan fingerprint density at radius 3 is 2.14 bits per heavy atom. The van der Waals surface area contributed by atoms with Gasteiger partial charge in [-0.15, -0.1) is 24.8 Å². The summed E-state index contributed by atoms with van der Waals surface area (Å²) in [5.41, 5.74) is 1.41. The van der Waals surface area contributed by atoms with Crippen molar-refractivity contribution in [3.63, 3.8) is 0 Å². The summed E-state index contributed by atoms with van der Waals surface area (Å²) in [5, 5.41) is 9.48. The molecule has 1 aromatic carbocycles. The summed E-state index contributed by atoms with van der Waals surface area (Å²) in [4.78, 5) is 19.2. The Labute approximate surface area is 181 Å². The number of likely N-dealkylation sites (tertiary alicyclic amines) is 1. The molecule has 2 heterocycles. The molecule has 5 nitrogen and oxygen atoms in total. The fraction of sp³-hybridized carbons (Fsp3) is 0.667. The standard InChI is InChI=1S/C21H33N3O2.2ClH/c1-18(25)16-22-11-13-23(14-12-22)17-21(26)24-9-7-20(8-10-24)15-19-5-3-2-4-6-19;;/h2-6,18,20,25H,7-17H2,1H3;2*1H. The van der Waals surface area contributed by atoms with Crippen molar-refractivity contribution < 1.29 is 9.90 Å². The van der Waals surface area contributed by atoms with Crippen LogP contribution in [0, 0.1) is 5.92 Å². The molecule has 0 bridgehead atoms. The van der Waals surface area contributed by atoms with Crippen molar-refractivity contribution in [3.8, 4) is 0 Å². The number of hydrogen-bond donors (Lipinski definition) is 1. The van der Waals surface area contributed by atoms with Crippen LogP contribution in [0.15, 0.2) is 30.3 Å². The molecule has 2 fully saturated rings. The van der Waals surface area contributed by atoms with Crippen LogP contribution in [0.4, 0.5) is 0 Å². The van der Waals surface area contributed by atoms with E-state index in [0.717, 1.165) is 65.1 Å². The van der Waals surface area contributed by atoms with Gasteiger partial charge in [0.25, 0.3) is 0 Å². The summed E-state index contributed by atoms with van der Waals surface area (Å²) in [6.07, 6.45) is 3.08. The highest BCUT2D eigenvalue weighted by Crippen LogP contribution is 2.22. The first-order chi connectivity index (χ1) is 12.6. The minimum atomic E-state index is -0.277. The maximum absolute atomic E-state index is 12.6. The Hall–Kier alpha value is -0.850. The van der Waals surface area contributed by atoms with Gasteiger partial charge in [-0.2, -0.15) is 0 Å². The first-order valence-electron chi connectivity index (χ1n) is 10.0. The Balaban J connectivity index is 0.00000196. The lowest BCUT2D eigenvalue weighted by Crippen LogP contribution is -2.52. The molecule has 0 radical (unpaired) electrons. The molecule has 7 heteroatoms. The maximum atomic E-state index is 12.6. The highest BCUT2D eigenvalue weighted by Gasteiger charge is 2.25. The van der Waals surface area contributed by atoms with Gasteiger partial charge in [0, 0.05) is 45.8 Å². The smallest absolute Gasteiger partial charge is 0.236 e. The van der Waals surface area contributed by atoms with Crippen LogP contribution >= 0.6 is 24.8 Å². The molecule has 0 aromatic heterocycles. The quantitative estimate of drug-likeness (QED) is 0.750. The predicted molar refractivity (Wildman–Crippen MR) is 119 cm³/mol. The number of aliphatic hydroxyl groups is 1. The third-order valence-electron chi connectivity index (χ3n) is 5.68. The first kappa shape index (κ1) is 25.2. The van der Waals surface area contributed by atoms with E-state index in [1.165, 1.54) is 5.56 Å². The zero-order valence-electron chi connectivity index (χ0n) is 16.8. The number of aliphatic hydroxyl groups excluding tert-OH is 1. The molecular formula is C21H35Cl2N3O2. The number of amides is 1. The number of benzene rings is 1. The molecule has 28 heavy (non-hydrogen) atoms. The van der Waals surface area contributed by atoms with E-state index in [4.69, 9.17) is 0 Å². The second kappa shape index (κ2) is 12.7. The number of nitrogens with zero attached hydrogens (tertiary/aromatic N) is 3. The lowest BCUT2D eigenvalue weighted by molar-refractivity contribution is -0.134. The number of piperidine rings is 1. The van der Waals surface area contributed by atoms with E-state index in [9.17, 15) is 9.90 Å². The Morgan fingerprint density at radius 2 is 1.57 bits per heavy atom. The molecule has 0 saturated carbocycles. The van der Waals surface area contributed by atoms with Crippen molar-refractivity contribution in [2.75, 3.05) is 52.4 Å². The average Bonchev–Trinajstić information content (AvgIpc) is 2.64. The van der Waals surface area contributed by atoms with E-state index in [1.807, 2.05) is 6.92 Å². The number of hydrogen-bond acceptors (Lipinski definition) is 4. The number of halogens is 2. The van der Waals surface area contributed by atoms with Crippen molar-refractivity contribution in [3.05, 3.63) is 35.9 Å². The number of β-amino-alcohol motifs (C(OH)–C–C–N with tert-alkyl or cyclic N) is 1. The fourth-order valence-electron chi connectivity index (χ4n) is 4.13. The Kier molecular flexibility index (Phi) is 11.4. The zero-order valence-corrected chi connectivity index (χ0v) is 18.5. The van der Waals surface area contributed by atoms with E-state index in [2.05, 4.69) is 45.0 Å². The van der Waals surface area contributed by atoms with Gasteiger partial charge in [-0.05, 0) is 37.7 Å². The Morgan fingerprint density at radius 1 is 1.00 bits per heavy atom. The molecule has 1 N–H and O–H groups in total. The third kappa shape index (κ3) is 7.88. The lowest BCUT2D eigenvalue weighted by Gasteiger charge is -2.37. The summed E-state index contributed by atoms with van der Waals surface area (Å²) in [6, 6.07) is 10.7. The Bertz CT molecular complexity index is 558. The average molecular weight is 432 g/mol. The van der Waals surface area contributed by atoms with Gasteiger partial charge < -0.3 is 10.0 Å². The third-order valence-corrected chi connectivity index (χ3v) is 5.68. The number of piperazine rings is 1. The molecule has 160 valence electrons. The second-order valence-electron chi connectivity index (χ2n) is 7.94. The maximum Gasteiger partial charge on any atom is 0.236 e. The van der Waals surface area contributed by atoms with Crippen LogP contribution in [0.5, 0.6) is 0 Å². The highest BCUT2D eigenvalue weighted by molar-refractivity contribution is 5.85. The number of carbonyl (C=O) groups excluding carboxylic acids is 1. The van der Waals surface area contributed by atoms with Crippen LogP contribution in [0.3, 0.4) is 0 Å². The van der Waals surface area contributed by atoms with Gasteiger partial charge in [0.05, 0.1) is 12.6 Å². The summed E-state index contributed by atoms with van der Waals surface area (Å²) in [6.45, 7) is 8.64. The van der Waals surface area contributed by atoms with Crippen LogP contribution in [-0.4, -0.2) is 84.2 Å². The van der Waals surface area contributed by atoms with E-state index < -0.39 is 0 Å². The first-order valence-corrected chi connectivity index (χ1v) is 10.0. The van der Waals surface area contributed by atoms with Crippen LogP contribution in [0.25, 0.3) is 0 Å². The van der Waals surface area contributed by atoms with Crippen LogP contribution in [0.1, 0.15) is 25.3 Å². The molecule has 2 aliphatic heterocycles. The van der Waals surface area contributed by atoms with E-state index in [0.29, 0.717) is 12.5 Å². The monoisotopic (exact) mass is 431 g/mol. The molecule has 1 unspecified atom stereocenters. The number of carbonyl (C=O) groups is 1. The molecule has 1 atom stereocenters. The summed E-state index contributed by atoms with van der Waals surface area (Å²) < 4.78 is 0. The molecular weight excluding hydrogens is 397 g/mol. The van der Waals surface area contributed by atoms with Crippen molar-refractivity contribution in [2.45, 2.75) is 32.3 Å². The minimum Gasteiger partial charge on any atom is -0.392 e. The van der Waals surface area contributed by atoms with Gasteiger partial charge in [-0.1, -0.05) is 30.3 Å². The van der Waals surface area contributed by atoms with Gasteiger partial charge >= 0.3 is 0 Å². The van der Waals surface area contributed by atoms with Gasteiger partial charge in [0.15, 0.2) is 0 Å². The molecule has 0 aliphatic carbocycles. The van der Waals surface area contributed by atoms with Crippen molar-refractivity contribution in [1.82, 2.24) is 14.7 Å². The fourth-order valence-corrected chi connectivity index (χ4v) is 4.13. The summed E-state index contributed by atoms with van der Waals surface area (Å²) in [7, 11) is 0. The van der Waals surface area contributed by atoms with Gasteiger partial charge in [-0.25, -0.2) is 0 Å². The predicted octanol–water partition coefficient (Wildman–Crippen LogP) is 2.31. The summed E-state index contributed by atoms with van der Waals surface area (Å²) in [5.74, 6) is 0.984. The second-order valence-corrected chi connectivity index (χ2v) is 7.94. The van der Waals surface area contributed by atoms with Crippen LogP contribution in [0.2, 0.25) is 0 Å². The zero-order chi connectivity index (χ0) is 18.4. The van der Waals surface area contributed by atoms with Gasteiger partial charge in [0.1, 0.15) is 0 Å². The topological polar surface area (TPSA) is 47.0 Å². The molecule has 3 rings (SSSR count). The molecule has 2 aliphatic rings. The highest BCUT2D eigenvalue weighted by atomic mass is 35.5. The number of rotatable bonds is 6. The molecule has 2 saturated heterocycles. The lowest BCUT2D eigenvalue weighted by atomic mass is 9.90. The largest absolute Gasteiger partial charge is 0.392 e. The van der Waals surface area contributed by atoms with E-state index in [-0.39, 0.29) is 36.8 Å². The minimum absolute atomic E-state index is 0. The van der Waals surface area contributed by atoms with Crippen LogP contribution in [-0.2, 0) is 11.2 Å². The van der Waals surface area contributed by atoms with E-state index >= 15 is 0 Å². The van der Waals surface area contributed by atoms with Crippen molar-refractivity contribution in [1.29, 1.82) is 0 Å². The molecule has 1 amide bonds. The molecule has 0 spiro atoms. The van der Waals surface area contributed by atoms with Crippen LogP contribution < -0.4 is 0 Å². The van der Waals surface area contributed by atoms with Crippen molar-refractivity contribution in [2.24, 2.45) is 5.92 Å². The normalized spacial score (nSPS) is 20.1. The summed E-state index contributed by atoms with van der Waals surface area (Å²) >= 11 is 0. The van der Waals surface area contributed by atoms with Gasteiger partial charge in [-0.3, -0.25) is 14.6 Å². The van der Waals surface area contributed by atoms with Crippen molar-refractivity contribution >= 4 is 30.7 Å². The molecule has 1 aromatic rings.